The third kappa shape index (κ3) is 10.2. The SMILES string of the molecule is COc1cc2c(cc1OCCCOc1cc3c(cc1OC)C(=O)N1CC4(CC4)C[C@H]1C(O)N3C(=O)OCc1ccc(CC(=O)[C@H](C)NC(=O)[C@@H](N)C(C)C)cc1)CC[C@@H]1CC(c3ccc(C)nc3)=CN1C2=O. The maximum Gasteiger partial charge on any atom is 0.416 e. The van der Waals surface area contributed by atoms with Crippen LogP contribution in [0.3, 0.4) is 0 Å². The number of aromatic nitrogens is 1. The van der Waals surface area contributed by atoms with Crippen molar-refractivity contribution in [2.24, 2.45) is 17.1 Å². The minimum absolute atomic E-state index is 0.0350. The highest BCUT2D eigenvalue weighted by molar-refractivity contribution is 6.06. The highest BCUT2D eigenvalue weighted by Crippen LogP contribution is 2.57. The number of benzene rings is 3. The van der Waals surface area contributed by atoms with Crippen molar-refractivity contribution in [2.45, 2.75) is 116 Å². The first-order valence-electron chi connectivity index (χ1n) is 24.8. The van der Waals surface area contributed by atoms with Gasteiger partial charge in [-0.1, -0.05) is 44.2 Å². The average molecular weight is 985 g/mol. The first kappa shape index (κ1) is 50.0. The fraction of sp³-hybridized carbons (Fsp3) is 0.455. The van der Waals surface area contributed by atoms with E-state index in [1.807, 2.05) is 56.3 Å². The van der Waals surface area contributed by atoms with Crippen molar-refractivity contribution >= 4 is 40.9 Å². The molecule has 4 amide bonds. The molecule has 1 saturated carbocycles. The van der Waals surface area contributed by atoms with Gasteiger partial charge in [-0.3, -0.25) is 24.2 Å². The van der Waals surface area contributed by atoms with Gasteiger partial charge in [-0.05, 0) is 116 Å². The number of rotatable bonds is 17. The highest BCUT2D eigenvalue weighted by Gasteiger charge is 2.58. The molecule has 3 aromatic carbocycles. The van der Waals surface area contributed by atoms with Crippen LogP contribution in [-0.2, 0) is 33.8 Å². The van der Waals surface area contributed by atoms with E-state index in [2.05, 4.69) is 10.3 Å². The number of nitrogens with one attached hydrogen (secondary N) is 1. The monoisotopic (exact) mass is 984 g/mol. The summed E-state index contributed by atoms with van der Waals surface area (Å²) in [5.74, 6) is 0.417. The Morgan fingerprint density at radius 2 is 1.57 bits per heavy atom. The van der Waals surface area contributed by atoms with E-state index in [1.54, 1.807) is 55.3 Å². The lowest BCUT2D eigenvalue weighted by Crippen LogP contribution is -2.50. The van der Waals surface area contributed by atoms with Crippen LogP contribution in [0.25, 0.3) is 5.57 Å². The van der Waals surface area contributed by atoms with E-state index in [1.165, 1.54) is 13.2 Å². The van der Waals surface area contributed by atoms with Crippen molar-refractivity contribution in [3.8, 4) is 23.0 Å². The molecular formula is C55H64N6O11. The second-order valence-electron chi connectivity index (χ2n) is 20.2. The molecule has 1 spiro atoms. The van der Waals surface area contributed by atoms with E-state index >= 15 is 0 Å². The molecule has 380 valence electrons. The quantitative estimate of drug-likeness (QED) is 0.0963. The smallest absolute Gasteiger partial charge is 0.416 e. The minimum atomic E-state index is -1.42. The number of aliphatic hydroxyl groups is 1. The lowest BCUT2D eigenvalue weighted by atomic mass is 9.98. The van der Waals surface area contributed by atoms with Crippen LogP contribution in [0.1, 0.15) is 108 Å². The zero-order valence-electron chi connectivity index (χ0n) is 41.8. The van der Waals surface area contributed by atoms with E-state index in [-0.39, 0.29) is 89.9 Å². The predicted molar refractivity (Wildman–Crippen MR) is 267 cm³/mol. The van der Waals surface area contributed by atoms with E-state index < -0.39 is 30.4 Å². The van der Waals surface area contributed by atoms with Crippen molar-refractivity contribution < 1.29 is 52.8 Å². The number of nitrogens with zero attached hydrogens (tertiary/aromatic N) is 4. The van der Waals surface area contributed by atoms with Crippen LogP contribution >= 0.6 is 0 Å². The Kier molecular flexibility index (Phi) is 14.3. The number of methoxy groups -OCH3 is 2. The van der Waals surface area contributed by atoms with E-state index in [4.69, 9.17) is 29.4 Å². The Morgan fingerprint density at radius 3 is 2.22 bits per heavy atom. The number of carbonyl (C=O) groups excluding carboxylic acids is 5. The number of Topliss-reactive ketones (excluding diaryl/α,β-unsaturated/α-hetero) is 1. The van der Waals surface area contributed by atoms with Crippen LogP contribution in [0, 0.1) is 18.3 Å². The molecule has 2 fully saturated rings. The lowest BCUT2D eigenvalue weighted by molar-refractivity contribution is -0.128. The van der Waals surface area contributed by atoms with Crippen LogP contribution in [-0.4, -0.2) is 114 Å². The molecule has 9 rings (SSSR count). The number of amides is 4. The van der Waals surface area contributed by atoms with Crippen molar-refractivity contribution in [3.63, 3.8) is 0 Å². The van der Waals surface area contributed by atoms with Crippen LogP contribution < -0.4 is 34.9 Å². The molecule has 4 aliphatic heterocycles. The zero-order valence-corrected chi connectivity index (χ0v) is 41.8. The van der Waals surface area contributed by atoms with Gasteiger partial charge in [-0.15, -0.1) is 0 Å². The molecular weight excluding hydrogens is 921 g/mol. The Bertz CT molecular complexity index is 2770. The highest BCUT2D eigenvalue weighted by atomic mass is 16.6. The van der Waals surface area contributed by atoms with E-state index in [0.29, 0.717) is 54.0 Å². The van der Waals surface area contributed by atoms with Crippen LogP contribution in [0.4, 0.5) is 10.5 Å². The van der Waals surface area contributed by atoms with Gasteiger partial charge < -0.3 is 49.6 Å². The fourth-order valence-electron chi connectivity index (χ4n) is 10.2. The van der Waals surface area contributed by atoms with Gasteiger partial charge in [-0.25, -0.2) is 9.69 Å². The molecule has 1 unspecified atom stereocenters. The fourth-order valence-corrected chi connectivity index (χ4v) is 10.2. The normalized spacial score (nSPS) is 20.3. The summed E-state index contributed by atoms with van der Waals surface area (Å²) in [5.41, 5.74) is 12.0. The molecule has 5 aliphatic rings. The third-order valence-electron chi connectivity index (χ3n) is 14.8. The first-order chi connectivity index (χ1) is 34.6. The lowest BCUT2D eigenvalue weighted by Gasteiger charge is -2.31. The summed E-state index contributed by atoms with van der Waals surface area (Å²) in [4.78, 5) is 77.0. The van der Waals surface area contributed by atoms with Gasteiger partial charge in [0.25, 0.3) is 11.8 Å². The molecule has 72 heavy (non-hydrogen) atoms. The Labute approximate surface area is 419 Å². The number of fused-ring (bicyclic) bond motifs is 4. The van der Waals surface area contributed by atoms with Gasteiger partial charge in [0.15, 0.2) is 35.0 Å². The molecule has 0 bridgehead atoms. The molecule has 1 saturated heterocycles. The number of carbonyl (C=O) groups is 5. The number of pyridine rings is 1. The number of hydrogen-bond acceptors (Lipinski definition) is 13. The van der Waals surface area contributed by atoms with E-state index in [0.717, 1.165) is 53.0 Å². The van der Waals surface area contributed by atoms with Gasteiger partial charge in [0.1, 0.15) is 6.61 Å². The van der Waals surface area contributed by atoms with E-state index in [9.17, 15) is 29.1 Å². The number of ketones is 1. The second-order valence-corrected chi connectivity index (χ2v) is 20.2. The predicted octanol–water partition coefficient (Wildman–Crippen LogP) is 6.53. The topological polar surface area (TPSA) is 212 Å². The van der Waals surface area contributed by atoms with Gasteiger partial charge in [0.05, 0.1) is 56.8 Å². The number of aliphatic hydroxyl groups excluding tert-OH is 1. The third-order valence-corrected chi connectivity index (χ3v) is 14.8. The summed E-state index contributed by atoms with van der Waals surface area (Å²) < 4.78 is 29.8. The van der Waals surface area contributed by atoms with Gasteiger partial charge in [0, 0.05) is 55.1 Å². The number of ether oxygens (including phenoxy) is 5. The van der Waals surface area contributed by atoms with Gasteiger partial charge in [0.2, 0.25) is 5.91 Å². The van der Waals surface area contributed by atoms with Crippen LogP contribution in [0.2, 0.25) is 0 Å². The van der Waals surface area contributed by atoms with Gasteiger partial charge in [-0.2, -0.15) is 0 Å². The molecule has 1 aromatic heterocycles. The molecule has 4 N–H and O–H groups in total. The van der Waals surface area contributed by atoms with Crippen molar-refractivity contribution in [2.75, 3.05) is 38.9 Å². The second kappa shape index (κ2) is 20.6. The summed E-state index contributed by atoms with van der Waals surface area (Å²) in [6, 6.07) is 15.7. The molecule has 5 heterocycles. The van der Waals surface area contributed by atoms with Crippen molar-refractivity contribution in [3.05, 3.63) is 112 Å². The summed E-state index contributed by atoms with van der Waals surface area (Å²) >= 11 is 0. The van der Waals surface area contributed by atoms with Crippen LogP contribution in [0.5, 0.6) is 23.0 Å². The standard InChI is InChI=1S/C55H64N6O11/c1-31(2)49(56)50(63)58-33(4)44(62)20-34-9-11-35(12-10-34)29-72-54(67)61-42-25-48(46(69-6)24-41(42)52(65)60-30-55(16-17-55)26-43(60)53(61)66)71-19-7-18-70-47-22-36-14-15-39-21-38(37-13-8-32(3)57-27-37)28-59(39)51(64)40(36)23-45(47)68-5/h8-13,22-25,27-28,31,33,39,43,49,53,66H,7,14-21,26,29-30,56H2,1-6H3,(H,58,63)/t33-,39+,43-,49-,53?/m0/s1. The van der Waals surface area contributed by atoms with Crippen molar-refractivity contribution in [1.29, 1.82) is 0 Å². The van der Waals surface area contributed by atoms with Crippen molar-refractivity contribution in [1.82, 2.24) is 20.1 Å². The molecule has 0 radical (unpaired) electrons. The molecule has 4 aromatic rings. The van der Waals surface area contributed by atoms with Crippen LogP contribution in [0.15, 0.2) is 73.1 Å². The largest absolute Gasteiger partial charge is 0.493 e. The summed E-state index contributed by atoms with van der Waals surface area (Å²) in [7, 11) is 3.01. The molecule has 1 aliphatic carbocycles. The Balaban J connectivity index is 0.859. The Morgan fingerprint density at radius 1 is 0.889 bits per heavy atom. The molecule has 17 nitrogen and oxygen atoms in total. The number of hydrogen-bond donors (Lipinski definition) is 3. The zero-order chi connectivity index (χ0) is 51.0. The number of aryl methyl sites for hydroxylation is 2. The summed E-state index contributed by atoms with van der Waals surface area (Å²) in [6.07, 6.45) is 6.65. The maximum atomic E-state index is 14.3. The Hall–Kier alpha value is -6.98. The summed E-state index contributed by atoms with van der Waals surface area (Å²) in [5, 5.41) is 14.7. The average Bonchev–Trinajstić information content (AvgIpc) is 3.88. The first-order valence-corrected chi connectivity index (χ1v) is 24.8. The molecule has 5 atom stereocenters. The number of anilines is 1. The molecule has 17 heteroatoms. The summed E-state index contributed by atoms with van der Waals surface area (Å²) in [6.45, 7) is 7.95. The minimum Gasteiger partial charge on any atom is -0.493 e. The number of nitrogens with two attached hydrogens (primary N) is 1. The van der Waals surface area contributed by atoms with Gasteiger partial charge >= 0.3 is 6.09 Å². The maximum absolute atomic E-state index is 14.3.